The lowest BCUT2D eigenvalue weighted by molar-refractivity contribution is 0.375. The van der Waals surface area contributed by atoms with Crippen LogP contribution in [0.2, 0.25) is 5.02 Å². The molecule has 0 aliphatic rings. The van der Waals surface area contributed by atoms with E-state index in [1.807, 2.05) is 6.07 Å². The molecule has 1 nitrogen and oxygen atoms in total. The van der Waals surface area contributed by atoms with E-state index in [-0.39, 0.29) is 0 Å². The molecule has 0 spiro atoms. The molecular formula is C15H23BrClN. The molecule has 102 valence electrons. The molecule has 1 rings (SSSR count). The van der Waals surface area contributed by atoms with Crippen LogP contribution in [0.1, 0.15) is 51.6 Å². The van der Waals surface area contributed by atoms with Crippen molar-refractivity contribution in [3.8, 4) is 0 Å². The summed E-state index contributed by atoms with van der Waals surface area (Å²) < 4.78 is 1.05. The summed E-state index contributed by atoms with van der Waals surface area (Å²) in [6.45, 7) is 7.67. The highest BCUT2D eigenvalue weighted by atomic mass is 79.9. The monoisotopic (exact) mass is 331 g/mol. The van der Waals surface area contributed by atoms with Crippen LogP contribution < -0.4 is 5.32 Å². The van der Waals surface area contributed by atoms with E-state index < -0.39 is 0 Å². The van der Waals surface area contributed by atoms with E-state index in [4.69, 9.17) is 11.6 Å². The van der Waals surface area contributed by atoms with Gasteiger partial charge in [-0.1, -0.05) is 61.1 Å². The minimum Gasteiger partial charge on any atom is -0.310 e. The third-order valence-corrected chi connectivity index (χ3v) is 4.14. The highest BCUT2D eigenvalue weighted by molar-refractivity contribution is 9.10. The molecule has 0 aliphatic heterocycles. The van der Waals surface area contributed by atoms with Crippen LogP contribution in [-0.2, 0) is 0 Å². The van der Waals surface area contributed by atoms with Gasteiger partial charge in [0.25, 0.3) is 0 Å². The second-order valence-electron chi connectivity index (χ2n) is 4.73. The van der Waals surface area contributed by atoms with Crippen molar-refractivity contribution in [2.24, 2.45) is 5.92 Å². The van der Waals surface area contributed by atoms with Crippen LogP contribution >= 0.6 is 27.5 Å². The summed E-state index contributed by atoms with van der Waals surface area (Å²) in [6.07, 6.45) is 3.65. The Labute approximate surface area is 124 Å². The summed E-state index contributed by atoms with van der Waals surface area (Å²) in [7, 11) is 0. The third-order valence-electron chi connectivity index (χ3n) is 3.46. The van der Waals surface area contributed by atoms with E-state index in [0.717, 1.165) is 22.0 Å². The van der Waals surface area contributed by atoms with E-state index in [1.54, 1.807) is 0 Å². The number of hydrogen-bond acceptors (Lipinski definition) is 1. The molecule has 3 heteroatoms. The molecule has 0 bridgehead atoms. The van der Waals surface area contributed by atoms with Crippen molar-refractivity contribution in [1.29, 1.82) is 0 Å². The zero-order valence-electron chi connectivity index (χ0n) is 11.5. The second kappa shape index (κ2) is 8.19. The molecule has 0 aliphatic carbocycles. The van der Waals surface area contributed by atoms with Gasteiger partial charge in [0.05, 0.1) is 0 Å². The zero-order chi connectivity index (χ0) is 13.5. The summed E-state index contributed by atoms with van der Waals surface area (Å²) in [6, 6.07) is 6.57. The van der Waals surface area contributed by atoms with E-state index in [0.29, 0.717) is 6.04 Å². The van der Waals surface area contributed by atoms with E-state index in [9.17, 15) is 0 Å². The minimum absolute atomic E-state index is 0.398. The summed E-state index contributed by atoms with van der Waals surface area (Å²) >= 11 is 9.66. The van der Waals surface area contributed by atoms with Crippen LogP contribution in [0.4, 0.5) is 0 Å². The Balaban J connectivity index is 2.88. The summed E-state index contributed by atoms with van der Waals surface area (Å²) in [5.74, 6) is 0.770. The van der Waals surface area contributed by atoms with Gasteiger partial charge in [-0.25, -0.2) is 0 Å². The maximum atomic E-state index is 6.14. The fourth-order valence-electron chi connectivity index (χ4n) is 2.32. The van der Waals surface area contributed by atoms with Crippen molar-refractivity contribution < 1.29 is 0 Å². The van der Waals surface area contributed by atoms with Gasteiger partial charge in [0.15, 0.2) is 0 Å². The van der Waals surface area contributed by atoms with E-state index in [1.165, 1.54) is 24.8 Å². The maximum absolute atomic E-state index is 6.14. The van der Waals surface area contributed by atoms with Crippen molar-refractivity contribution in [1.82, 2.24) is 5.32 Å². The van der Waals surface area contributed by atoms with Crippen LogP contribution in [0.15, 0.2) is 22.7 Å². The van der Waals surface area contributed by atoms with Gasteiger partial charge in [0.1, 0.15) is 0 Å². The standard InChI is InChI=1S/C15H23BrClN/c1-4-11(5-2)7-15(18-6-3)12-8-13(16)10-14(17)9-12/h8-11,15,18H,4-7H2,1-3H3. The second-order valence-corrected chi connectivity index (χ2v) is 6.08. The number of nitrogens with one attached hydrogen (secondary N) is 1. The lowest BCUT2D eigenvalue weighted by Crippen LogP contribution is -2.23. The molecule has 18 heavy (non-hydrogen) atoms. The van der Waals surface area contributed by atoms with Crippen molar-refractivity contribution in [3.05, 3.63) is 33.3 Å². The Morgan fingerprint density at radius 2 is 1.83 bits per heavy atom. The minimum atomic E-state index is 0.398. The molecule has 1 aromatic carbocycles. The molecular weight excluding hydrogens is 310 g/mol. The van der Waals surface area contributed by atoms with Crippen molar-refractivity contribution in [2.75, 3.05) is 6.54 Å². The van der Waals surface area contributed by atoms with Gasteiger partial charge in [0.2, 0.25) is 0 Å². The lowest BCUT2D eigenvalue weighted by Gasteiger charge is -2.23. The van der Waals surface area contributed by atoms with Crippen LogP contribution in [0.3, 0.4) is 0 Å². The quantitative estimate of drug-likeness (QED) is 0.687. The largest absolute Gasteiger partial charge is 0.310 e. The highest BCUT2D eigenvalue weighted by Gasteiger charge is 2.16. The molecule has 1 N–H and O–H groups in total. The normalized spacial score (nSPS) is 13.0. The number of halogens is 2. The van der Waals surface area contributed by atoms with E-state index >= 15 is 0 Å². The van der Waals surface area contributed by atoms with Gasteiger partial charge < -0.3 is 5.32 Å². The van der Waals surface area contributed by atoms with Gasteiger partial charge in [-0.05, 0) is 42.6 Å². The SMILES string of the molecule is CCNC(CC(CC)CC)c1cc(Cl)cc(Br)c1. The summed E-state index contributed by atoms with van der Waals surface area (Å²) in [5.41, 5.74) is 1.28. The van der Waals surface area contributed by atoms with Gasteiger partial charge >= 0.3 is 0 Å². The molecule has 0 radical (unpaired) electrons. The Hall–Kier alpha value is -0.0500. The van der Waals surface area contributed by atoms with Crippen LogP contribution in [-0.4, -0.2) is 6.54 Å². The lowest BCUT2D eigenvalue weighted by atomic mass is 9.91. The Morgan fingerprint density at radius 1 is 1.17 bits per heavy atom. The molecule has 0 aromatic heterocycles. The first-order valence-electron chi connectivity index (χ1n) is 6.80. The molecule has 0 amide bonds. The predicted molar refractivity (Wildman–Crippen MR) is 84.3 cm³/mol. The van der Waals surface area contributed by atoms with Gasteiger partial charge in [-0.15, -0.1) is 0 Å². The van der Waals surface area contributed by atoms with Crippen LogP contribution in [0.25, 0.3) is 0 Å². The topological polar surface area (TPSA) is 12.0 Å². The molecule has 0 fully saturated rings. The first-order chi connectivity index (χ1) is 8.60. The van der Waals surface area contributed by atoms with Gasteiger partial charge in [-0.2, -0.15) is 0 Å². The van der Waals surface area contributed by atoms with Crippen molar-refractivity contribution >= 4 is 27.5 Å². The average molecular weight is 333 g/mol. The molecule has 0 saturated carbocycles. The van der Waals surface area contributed by atoms with Gasteiger partial charge in [-0.3, -0.25) is 0 Å². The maximum Gasteiger partial charge on any atom is 0.0420 e. The molecule has 1 unspecified atom stereocenters. The first-order valence-corrected chi connectivity index (χ1v) is 7.97. The Bertz CT molecular complexity index is 343. The molecule has 0 heterocycles. The molecule has 1 atom stereocenters. The third kappa shape index (κ3) is 4.91. The number of hydrogen-bond donors (Lipinski definition) is 1. The van der Waals surface area contributed by atoms with Crippen molar-refractivity contribution in [3.63, 3.8) is 0 Å². The predicted octanol–water partition coefficient (Wildman–Crippen LogP) is 5.58. The fraction of sp³-hybridized carbons (Fsp3) is 0.600. The average Bonchev–Trinajstić information content (AvgIpc) is 2.33. The highest BCUT2D eigenvalue weighted by Crippen LogP contribution is 2.29. The molecule has 1 aromatic rings. The summed E-state index contributed by atoms with van der Waals surface area (Å²) in [4.78, 5) is 0. The molecule has 0 saturated heterocycles. The summed E-state index contributed by atoms with van der Waals surface area (Å²) in [5, 5.41) is 4.37. The van der Waals surface area contributed by atoms with Crippen molar-refractivity contribution in [2.45, 2.75) is 46.1 Å². The Morgan fingerprint density at radius 3 is 2.33 bits per heavy atom. The van der Waals surface area contributed by atoms with Gasteiger partial charge in [0, 0.05) is 15.5 Å². The zero-order valence-corrected chi connectivity index (χ0v) is 13.8. The first kappa shape index (κ1) is 16.0. The smallest absolute Gasteiger partial charge is 0.0420 e. The number of benzene rings is 1. The number of rotatable bonds is 7. The fourth-order valence-corrected chi connectivity index (χ4v) is 3.20. The van der Waals surface area contributed by atoms with Crippen LogP contribution in [0.5, 0.6) is 0 Å². The Kier molecular flexibility index (Phi) is 7.28. The van der Waals surface area contributed by atoms with Crippen LogP contribution in [0, 0.1) is 5.92 Å². The van der Waals surface area contributed by atoms with E-state index in [2.05, 4.69) is 54.2 Å².